The fourth-order valence-electron chi connectivity index (χ4n) is 2.06. The Morgan fingerprint density at radius 2 is 2.10 bits per heavy atom. The molecule has 0 aliphatic rings. The van der Waals surface area contributed by atoms with Gasteiger partial charge < -0.3 is 5.32 Å². The van der Waals surface area contributed by atoms with Gasteiger partial charge in [-0.3, -0.25) is 4.68 Å². The number of rotatable bonds is 3. The van der Waals surface area contributed by atoms with E-state index in [1.165, 1.54) is 0 Å². The van der Waals surface area contributed by atoms with Crippen molar-refractivity contribution in [3.63, 3.8) is 0 Å². The van der Waals surface area contributed by atoms with E-state index in [-0.39, 0.29) is 0 Å². The van der Waals surface area contributed by atoms with E-state index >= 15 is 0 Å². The number of nitrogens with one attached hydrogen (secondary N) is 1. The topological polar surface area (TPSA) is 79.4 Å². The number of hydrogen-bond acceptors (Lipinski definition) is 5. The third kappa shape index (κ3) is 2.06. The molecule has 2 heterocycles. The number of anilines is 1. The van der Waals surface area contributed by atoms with Gasteiger partial charge in [0.25, 0.3) is 0 Å². The van der Waals surface area contributed by atoms with Crippen LogP contribution in [-0.4, -0.2) is 20.0 Å². The molecule has 6 nitrogen and oxygen atoms in total. The highest BCUT2D eigenvalue weighted by Crippen LogP contribution is 2.24. The molecule has 0 saturated heterocycles. The lowest BCUT2D eigenvalue weighted by Gasteiger charge is -2.10. The second-order valence-electron chi connectivity index (χ2n) is 4.35. The minimum absolute atomic E-state index is 0.297. The van der Waals surface area contributed by atoms with Crippen LogP contribution in [-0.2, 0) is 13.6 Å². The van der Waals surface area contributed by atoms with Crippen LogP contribution in [0, 0.1) is 11.3 Å². The van der Waals surface area contributed by atoms with E-state index in [0.717, 1.165) is 16.6 Å². The Bertz CT molecular complexity index is 799. The first-order valence-electron chi connectivity index (χ1n) is 6.16. The van der Waals surface area contributed by atoms with Gasteiger partial charge in [-0.05, 0) is 12.1 Å². The molecule has 20 heavy (non-hydrogen) atoms. The summed E-state index contributed by atoms with van der Waals surface area (Å²) in [6, 6.07) is 11.6. The zero-order valence-corrected chi connectivity index (χ0v) is 10.9. The van der Waals surface area contributed by atoms with Crippen molar-refractivity contribution in [3.05, 3.63) is 47.9 Å². The SMILES string of the molecule is Cn1nccc1CNc1c(C#N)nnc2ccccc12. The fraction of sp³-hybridized carbons (Fsp3) is 0.143. The number of aryl methyl sites for hydroxylation is 1. The molecule has 0 bridgehead atoms. The monoisotopic (exact) mass is 264 g/mol. The molecule has 0 aliphatic heterocycles. The lowest BCUT2D eigenvalue weighted by atomic mass is 10.1. The van der Waals surface area contributed by atoms with Crippen LogP contribution in [0.3, 0.4) is 0 Å². The summed E-state index contributed by atoms with van der Waals surface area (Å²) >= 11 is 0. The molecule has 98 valence electrons. The number of nitriles is 1. The summed E-state index contributed by atoms with van der Waals surface area (Å²) in [7, 11) is 1.88. The summed E-state index contributed by atoms with van der Waals surface area (Å²) in [5.74, 6) is 0. The molecule has 3 rings (SSSR count). The molecular weight excluding hydrogens is 252 g/mol. The Hall–Kier alpha value is -2.94. The van der Waals surface area contributed by atoms with E-state index in [1.54, 1.807) is 10.9 Å². The van der Waals surface area contributed by atoms with Crippen molar-refractivity contribution in [1.82, 2.24) is 20.0 Å². The zero-order valence-electron chi connectivity index (χ0n) is 10.9. The first kappa shape index (κ1) is 12.1. The molecule has 0 unspecified atom stereocenters. The number of aromatic nitrogens is 4. The van der Waals surface area contributed by atoms with E-state index in [1.807, 2.05) is 37.4 Å². The van der Waals surface area contributed by atoms with Gasteiger partial charge >= 0.3 is 0 Å². The van der Waals surface area contributed by atoms with Gasteiger partial charge in [-0.2, -0.15) is 10.4 Å². The first-order chi connectivity index (χ1) is 9.79. The number of nitrogens with zero attached hydrogens (tertiary/aromatic N) is 5. The van der Waals surface area contributed by atoms with E-state index in [0.29, 0.717) is 17.9 Å². The average molecular weight is 264 g/mol. The molecule has 0 fully saturated rings. The maximum absolute atomic E-state index is 9.18. The first-order valence-corrected chi connectivity index (χ1v) is 6.16. The highest BCUT2D eigenvalue weighted by atomic mass is 15.3. The summed E-state index contributed by atoms with van der Waals surface area (Å²) in [6.07, 6.45) is 1.74. The fourth-order valence-corrected chi connectivity index (χ4v) is 2.06. The van der Waals surface area contributed by atoms with Crippen LogP contribution in [0.4, 0.5) is 5.69 Å². The molecule has 3 aromatic rings. The van der Waals surface area contributed by atoms with Gasteiger partial charge in [0.15, 0.2) is 5.69 Å². The average Bonchev–Trinajstić information content (AvgIpc) is 2.90. The van der Waals surface area contributed by atoms with Crippen LogP contribution in [0.2, 0.25) is 0 Å². The molecule has 0 atom stereocenters. The predicted octanol–water partition coefficient (Wildman–Crippen LogP) is 1.85. The minimum Gasteiger partial charge on any atom is -0.376 e. The number of hydrogen-bond donors (Lipinski definition) is 1. The van der Waals surface area contributed by atoms with Crippen molar-refractivity contribution in [2.24, 2.45) is 7.05 Å². The van der Waals surface area contributed by atoms with Crippen molar-refractivity contribution in [2.75, 3.05) is 5.32 Å². The number of fused-ring (bicyclic) bond motifs is 1. The Labute approximate surface area is 115 Å². The molecule has 0 saturated carbocycles. The summed E-state index contributed by atoms with van der Waals surface area (Å²) < 4.78 is 1.79. The highest BCUT2D eigenvalue weighted by Gasteiger charge is 2.10. The Morgan fingerprint density at radius 1 is 1.25 bits per heavy atom. The van der Waals surface area contributed by atoms with Crippen molar-refractivity contribution >= 4 is 16.6 Å². The maximum Gasteiger partial charge on any atom is 0.186 e. The molecule has 6 heteroatoms. The van der Waals surface area contributed by atoms with E-state index in [9.17, 15) is 5.26 Å². The second-order valence-corrected chi connectivity index (χ2v) is 4.35. The third-order valence-electron chi connectivity index (χ3n) is 3.14. The van der Waals surface area contributed by atoms with E-state index in [2.05, 4.69) is 26.7 Å². The largest absolute Gasteiger partial charge is 0.376 e. The zero-order chi connectivity index (χ0) is 13.9. The predicted molar refractivity (Wildman–Crippen MR) is 74.8 cm³/mol. The standard InChI is InChI=1S/C14H12N6/c1-20-10(6-7-17-20)9-16-14-11-4-2-3-5-12(11)18-19-13(14)8-15/h2-7H,9H2,1H3,(H,16,18). The molecule has 0 radical (unpaired) electrons. The summed E-state index contributed by atoms with van der Waals surface area (Å²) in [4.78, 5) is 0. The smallest absolute Gasteiger partial charge is 0.186 e. The van der Waals surface area contributed by atoms with Crippen molar-refractivity contribution < 1.29 is 0 Å². The molecule has 1 aromatic carbocycles. The molecule has 1 N–H and O–H groups in total. The van der Waals surface area contributed by atoms with Crippen LogP contribution < -0.4 is 5.32 Å². The van der Waals surface area contributed by atoms with E-state index < -0.39 is 0 Å². The summed E-state index contributed by atoms with van der Waals surface area (Å²) in [5, 5.41) is 25.4. The van der Waals surface area contributed by atoms with Crippen LogP contribution in [0.5, 0.6) is 0 Å². The van der Waals surface area contributed by atoms with Gasteiger partial charge in [0.1, 0.15) is 6.07 Å². The van der Waals surface area contributed by atoms with Crippen molar-refractivity contribution in [2.45, 2.75) is 6.54 Å². The Kier molecular flexibility index (Phi) is 3.01. The molecular formula is C14H12N6. The van der Waals surface area contributed by atoms with Gasteiger partial charge in [-0.15, -0.1) is 10.2 Å². The molecule has 2 aromatic heterocycles. The minimum atomic E-state index is 0.297. The van der Waals surface area contributed by atoms with Crippen molar-refractivity contribution in [1.29, 1.82) is 5.26 Å². The maximum atomic E-state index is 9.18. The summed E-state index contributed by atoms with van der Waals surface area (Å²) in [6.45, 7) is 0.570. The van der Waals surface area contributed by atoms with Crippen molar-refractivity contribution in [3.8, 4) is 6.07 Å². The van der Waals surface area contributed by atoms with Gasteiger partial charge in [-0.25, -0.2) is 0 Å². The van der Waals surface area contributed by atoms with E-state index in [4.69, 9.17) is 0 Å². The molecule has 0 spiro atoms. The van der Waals surface area contributed by atoms with Crippen LogP contribution in [0.1, 0.15) is 11.4 Å². The normalized spacial score (nSPS) is 10.4. The lowest BCUT2D eigenvalue weighted by Crippen LogP contribution is -2.08. The van der Waals surface area contributed by atoms with Crippen LogP contribution in [0.25, 0.3) is 10.9 Å². The molecule has 0 amide bonds. The summed E-state index contributed by atoms with van der Waals surface area (Å²) in [5.41, 5.74) is 2.79. The highest BCUT2D eigenvalue weighted by molar-refractivity contribution is 5.92. The quantitative estimate of drug-likeness (QED) is 0.781. The van der Waals surface area contributed by atoms with Crippen LogP contribution in [0.15, 0.2) is 36.5 Å². The lowest BCUT2D eigenvalue weighted by molar-refractivity contribution is 0.720. The second kappa shape index (κ2) is 4.97. The number of benzene rings is 1. The van der Waals surface area contributed by atoms with Gasteiger partial charge in [-0.1, -0.05) is 18.2 Å². The Morgan fingerprint density at radius 3 is 2.85 bits per heavy atom. The van der Waals surface area contributed by atoms with Crippen LogP contribution >= 0.6 is 0 Å². The van der Waals surface area contributed by atoms with Gasteiger partial charge in [0.05, 0.1) is 23.4 Å². The molecule has 0 aliphatic carbocycles. The van der Waals surface area contributed by atoms with Gasteiger partial charge in [0, 0.05) is 18.6 Å². The van der Waals surface area contributed by atoms with Gasteiger partial charge in [0.2, 0.25) is 0 Å². The third-order valence-corrected chi connectivity index (χ3v) is 3.14. The Balaban J connectivity index is 2.01.